The Kier molecular flexibility index (Phi) is 6.51. The second-order valence-corrected chi connectivity index (χ2v) is 8.12. The molecule has 0 unspecified atom stereocenters. The Morgan fingerprint density at radius 2 is 2.00 bits per heavy atom. The Bertz CT molecular complexity index is 1270. The Balaban J connectivity index is 1.65. The first kappa shape index (κ1) is 21.6. The van der Waals surface area contributed by atoms with Crippen molar-refractivity contribution in [2.45, 2.75) is 20.3 Å². The number of anilines is 1. The highest BCUT2D eigenvalue weighted by Crippen LogP contribution is 2.43. The van der Waals surface area contributed by atoms with Gasteiger partial charge in [-0.2, -0.15) is 5.10 Å². The maximum absolute atomic E-state index is 9.93. The Hall–Kier alpha value is -3.65. The van der Waals surface area contributed by atoms with Crippen molar-refractivity contribution < 1.29 is 14.6 Å². The van der Waals surface area contributed by atoms with Gasteiger partial charge in [-0.15, -0.1) is 11.3 Å². The van der Waals surface area contributed by atoms with Crippen molar-refractivity contribution in [3.05, 3.63) is 59.9 Å². The van der Waals surface area contributed by atoms with Gasteiger partial charge in [0, 0.05) is 10.4 Å². The van der Waals surface area contributed by atoms with Crippen LogP contribution in [-0.2, 0) is 0 Å². The summed E-state index contributed by atoms with van der Waals surface area (Å²) in [5, 5.41) is 14.2. The van der Waals surface area contributed by atoms with E-state index in [0.717, 1.165) is 44.0 Å². The lowest BCUT2D eigenvalue weighted by Crippen LogP contribution is -1.96. The molecule has 0 aliphatic carbocycles. The predicted molar refractivity (Wildman–Crippen MR) is 129 cm³/mol. The number of hydrogen-bond acceptors (Lipinski definition) is 8. The fourth-order valence-electron chi connectivity index (χ4n) is 3.31. The van der Waals surface area contributed by atoms with Crippen LogP contribution in [0.5, 0.6) is 17.2 Å². The van der Waals surface area contributed by atoms with Gasteiger partial charge in [0.2, 0.25) is 0 Å². The second kappa shape index (κ2) is 9.65. The molecular weight excluding hydrogens is 424 g/mol. The van der Waals surface area contributed by atoms with Gasteiger partial charge in [-0.3, -0.25) is 5.43 Å². The molecule has 2 aromatic carbocycles. The molecule has 0 spiro atoms. The van der Waals surface area contributed by atoms with Gasteiger partial charge in [0.15, 0.2) is 17.3 Å². The van der Waals surface area contributed by atoms with E-state index in [-0.39, 0.29) is 5.75 Å². The molecule has 0 aliphatic heterocycles. The van der Waals surface area contributed by atoms with Gasteiger partial charge in [-0.05, 0) is 54.8 Å². The van der Waals surface area contributed by atoms with Crippen LogP contribution in [0, 0.1) is 6.92 Å². The van der Waals surface area contributed by atoms with Gasteiger partial charge in [0.25, 0.3) is 0 Å². The summed E-state index contributed by atoms with van der Waals surface area (Å²) < 4.78 is 11.9. The normalized spacial score (nSPS) is 11.2. The fourth-order valence-corrected chi connectivity index (χ4v) is 4.54. The lowest BCUT2D eigenvalue weighted by atomic mass is 10.1. The number of thiophene rings is 1. The van der Waals surface area contributed by atoms with Crippen molar-refractivity contribution in [2.75, 3.05) is 19.1 Å². The maximum atomic E-state index is 9.93. The van der Waals surface area contributed by atoms with Crippen LogP contribution in [0.1, 0.15) is 24.5 Å². The molecule has 2 aromatic heterocycles. The van der Waals surface area contributed by atoms with Gasteiger partial charge < -0.3 is 14.6 Å². The van der Waals surface area contributed by atoms with E-state index in [1.54, 1.807) is 35.8 Å². The Morgan fingerprint density at radius 1 is 1.16 bits per heavy atom. The largest absolute Gasteiger partial charge is 0.504 e. The van der Waals surface area contributed by atoms with Gasteiger partial charge in [-0.1, -0.05) is 19.1 Å². The molecule has 2 heterocycles. The molecule has 0 saturated carbocycles. The van der Waals surface area contributed by atoms with Gasteiger partial charge in [-0.25, -0.2) is 9.97 Å². The summed E-state index contributed by atoms with van der Waals surface area (Å²) >= 11 is 1.61. The molecular formula is C24H24N4O3S. The molecule has 4 aromatic rings. The first-order valence-electron chi connectivity index (χ1n) is 10.2. The molecule has 0 saturated heterocycles. The lowest BCUT2D eigenvalue weighted by Gasteiger charge is -2.10. The molecule has 8 heteroatoms. The van der Waals surface area contributed by atoms with Crippen LogP contribution in [0.25, 0.3) is 20.7 Å². The van der Waals surface area contributed by atoms with E-state index in [4.69, 9.17) is 9.47 Å². The number of aryl methyl sites for hydroxylation is 1. The molecule has 4 rings (SSSR count). The molecule has 0 atom stereocenters. The summed E-state index contributed by atoms with van der Waals surface area (Å²) in [6.07, 6.45) is 4.09. The molecule has 2 N–H and O–H groups in total. The summed E-state index contributed by atoms with van der Waals surface area (Å²) in [6.45, 7) is 4.82. The number of phenols is 1. The zero-order valence-electron chi connectivity index (χ0n) is 18.1. The van der Waals surface area contributed by atoms with Gasteiger partial charge in [0.05, 0.1) is 30.1 Å². The van der Waals surface area contributed by atoms with Crippen LogP contribution in [0.2, 0.25) is 0 Å². The molecule has 0 fully saturated rings. The molecule has 0 aliphatic rings. The van der Waals surface area contributed by atoms with Crippen LogP contribution in [0.3, 0.4) is 0 Å². The summed E-state index contributed by atoms with van der Waals surface area (Å²) in [5.74, 6) is 1.96. The maximum Gasteiger partial charge on any atom is 0.167 e. The monoisotopic (exact) mass is 448 g/mol. The van der Waals surface area contributed by atoms with Crippen molar-refractivity contribution in [3.63, 3.8) is 0 Å². The summed E-state index contributed by atoms with van der Waals surface area (Å²) in [4.78, 5) is 9.97. The lowest BCUT2D eigenvalue weighted by molar-refractivity contribution is 0.319. The third kappa shape index (κ3) is 4.36. The number of methoxy groups -OCH3 is 1. The number of nitrogens with zero attached hydrogens (tertiary/aromatic N) is 3. The van der Waals surface area contributed by atoms with Crippen molar-refractivity contribution >= 4 is 33.6 Å². The highest BCUT2D eigenvalue weighted by Gasteiger charge is 2.17. The van der Waals surface area contributed by atoms with Crippen molar-refractivity contribution in [1.82, 2.24) is 9.97 Å². The molecule has 0 bridgehead atoms. The van der Waals surface area contributed by atoms with Crippen molar-refractivity contribution in [1.29, 1.82) is 0 Å². The third-order valence-electron chi connectivity index (χ3n) is 4.88. The van der Waals surface area contributed by atoms with E-state index in [2.05, 4.69) is 40.4 Å². The number of aromatic nitrogens is 2. The number of para-hydroxylation sites is 1. The average Bonchev–Trinajstić information content (AvgIpc) is 3.15. The second-order valence-electron chi connectivity index (χ2n) is 7.10. The third-order valence-corrected chi connectivity index (χ3v) is 6.21. The minimum Gasteiger partial charge on any atom is -0.504 e. The number of fused-ring (bicyclic) bond motifs is 1. The van der Waals surface area contributed by atoms with Crippen molar-refractivity contribution in [3.8, 4) is 27.7 Å². The zero-order chi connectivity index (χ0) is 22.5. The number of aromatic hydroxyl groups is 1. The van der Waals surface area contributed by atoms with Crippen molar-refractivity contribution in [2.24, 2.45) is 5.10 Å². The first-order valence-corrected chi connectivity index (χ1v) is 11.1. The van der Waals surface area contributed by atoms with Crippen LogP contribution in [0.4, 0.5) is 5.82 Å². The Labute approximate surface area is 190 Å². The fraction of sp³-hybridized carbons (Fsp3) is 0.208. The quantitative estimate of drug-likeness (QED) is 0.269. The number of hydrazone groups is 1. The predicted octanol–water partition coefficient (Wildman–Crippen LogP) is 5.62. The minimum atomic E-state index is 0.0587. The van der Waals surface area contributed by atoms with Crippen LogP contribution in [0.15, 0.2) is 53.9 Å². The van der Waals surface area contributed by atoms with E-state index in [1.165, 1.54) is 13.4 Å². The number of nitrogens with one attached hydrogen (secondary N) is 1. The number of rotatable bonds is 8. The number of benzene rings is 2. The molecule has 7 nitrogen and oxygen atoms in total. The van der Waals surface area contributed by atoms with E-state index >= 15 is 0 Å². The van der Waals surface area contributed by atoms with Crippen LogP contribution in [-0.4, -0.2) is 35.0 Å². The number of ether oxygens (including phenoxy) is 2. The van der Waals surface area contributed by atoms with Crippen LogP contribution < -0.4 is 14.9 Å². The van der Waals surface area contributed by atoms with Crippen LogP contribution >= 0.6 is 11.3 Å². The number of hydrogen-bond donors (Lipinski definition) is 2. The summed E-state index contributed by atoms with van der Waals surface area (Å²) in [5.41, 5.74) is 6.74. The highest BCUT2D eigenvalue weighted by molar-refractivity contribution is 7.23. The number of phenolic OH excluding ortho intramolecular Hbond substituents is 1. The molecule has 32 heavy (non-hydrogen) atoms. The van der Waals surface area contributed by atoms with Gasteiger partial charge in [0.1, 0.15) is 12.1 Å². The smallest absolute Gasteiger partial charge is 0.167 e. The summed E-state index contributed by atoms with van der Waals surface area (Å²) in [6, 6.07) is 13.1. The summed E-state index contributed by atoms with van der Waals surface area (Å²) in [7, 11) is 1.51. The molecule has 164 valence electrons. The van der Waals surface area contributed by atoms with E-state index < -0.39 is 0 Å². The highest BCUT2D eigenvalue weighted by atomic mass is 32.1. The molecule has 0 amide bonds. The van der Waals surface area contributed by atoms with E-state index in [0.29, 0.717) is 18.2 Å². The van der Waals surface area contributed by atoms with E-state index in [1.807, 2.05) is 18.2 Å². The zero-order valence-corrected chi connectivity index (χ0v) is 18.9. The molecule has 0 radical (unpaired) electrons. The topological polar surface area (TPSA) is 88.9 Å². The van der Waals surface area contributed by atoms with E-state index in [9.17, 15) is 5.11 Å². The average molecular weight is 449 g/mol. The van der Waals surface area contributed by atoms with Gasteiger partial charge >= 0.3 is 0 Å². The Morgan fingerprint density at radius 3 is 2.78 bits per heavy atom. The minimum absolute atomic E-state index is 0.0587. The first-order chi connectivity index (χ1) is 15.6. The SMILES string of the molecule is CCCOc1ccccc1-c1sc2c(NN=Cc3ccc(OC)c(O)c3)ncnc2c1C. The standard InChI is InChI=1S/C24H24N4O3S/c1-4-11-31-19-8-6-5-7-17(19)22-15(2)21-23(32-22)24(26-14-25-21)28-27-13-16-9-10-20(30-3)18(29)12-16/h5-10,12-14,29H,4,11H2,1-3H3,(H,25,26,28).